The van der Waals surface area contributed by atoms with E-state index in [4.69, 9.17) is 9.47 Å². The Balaban J connectivity index is 1.45. The van der Waals surface area contributed by atoms with Crippen molar-refractivity contribution in [3.63, 3.8) is 0 Å². The molecule has 0 radical (unpaired) electrons. The number of aliphatic hydroxyl groups is 1. The van der Waals surface area contributed by atoms with Crippen molar-refractivity contribution in [2.24, 2.45) is 5.92 Å². The van der Waals surface area contributed by atoms with E-state index in [1.807, 2.05) is 62.5 Å². The van der Waals surface area contributed by atoms with Crippen LogP contribution in [-0.4, -0.2) is 49.9 Å². The molecule has 216 valence electrons. The van der Waals surface area contributed by atoms with Gasteiger partial charge in [0.1, 0.15) is 5.75 Å². The predicted molar refractivity (Wildman–Crippen MR) is 164 cm³/mol. The third-order valence-corrected chi connectivity index (χ3v) is 11.2. The lowest BCUT2D eigenvalue weighted by Gasteiger charge is -2.32. The quantitative estimate of drug-likeness (QED) is 0.284. The van der Waals surface area contributed by atoms with Crippen molar-refractivity contribution in [1.82, 2.24) is 0 Å². The molecule has 0 aromatic heterocycles. The average molecular weight is 640 g/mol. The highest BCUT2D eigenvalue weighted by Gasteiger charge is 2.66. The number of rotatable bonds is 8. The van der Waals surface area contributed by atoms with E-state index in [-0.39, 0.29) is 36.4 Å². The zero-order chi connectivity index (χ0) is 29.5. The number of halogens is 1. The maximum Gasteiger partial charge on any atom is 0.264 e. The number of carbonyl (C=O) groups is 2. The summed E-state index contributed by atoms with van der Waals surface area (Å²) in [4.78, 5) is 40.2. The summed E-state index contributed by atoms with van der Waals surface area (Å²) in [5.41, 5.74) is 1.96. The molecule has 3 aromatic carbocycles. The molecule has 1 spiro atoms. The van der Waals surface area contributed by atoms with Crippen LogP contribution < -0.4 is 15.0 Å². The van der Waals surface area contributed by atoms with Crippen molar-refractivity contribution in [2.75, 3.05) is 23.9 Å². The first-order valence-corrected chi connectivity index (χ1v) is 17.5. The Hall–Kier alpha value is -3.02. The minimum absolute atomic E-state index is 0.0905. The second-order valence-electron chi connectivity index (χ2n) is 11.3. The normalized spacial score (nSPS) is 23.6. The molecule has 1 fully saturated rings. The second kappa shape index (κ2) is 11.3. The molecule has 0 bridgehead atoms. The van der Waals surface area contributed by atoms with Crippen molar-refractivity contribution in [3.8, 4) is 5.75 Å². The van der Waals surface area contributed by atoms with Gasteiger partial charge in [0, 0.05) is 39.4 Å². The van der Waals surface area contributed by atoms with Crippen LogP contribution in [0.4, 0.5) is 11.4 Å². The highest BCUT2D eigenvalue weighted by atomic mass is 79.9. The molecule has 3 aromatic rings. The molecular formula is C31H35BrN2O6Si. The second-order valence-corrected chi connectivity index (χ2v) is 16.2. The van der Waals surface area contributed by atoms with Crippen molar-refractivity contribution in [1.29, 1.82) is 0 Å². The van der Waals surface area contributed by atoms with Crippen molar-refractivity contribution >= 4 is 47.4 Å². The highest BCUT2D eigenvalue weighted by Crippen LogP contribution is 2.60. The van der Waals surface area contributed by atoms with Crippen LogP contribution in [0, 0.1) is 5.92 Å². The molecule has 2 amide bonds. The summed E-state index contributed by atoms with van der Waals surface area (Å²) in [6.07, 6.45) is -0.0887. The van der Waals surface area contributed by atoms with Gasteiger partial charge in [-0.25, -0.2) is 0 Å². The van der Waals surface area contributed by atoms with Gasteiger partial charge in [-0.3, -0.25) is 9.59 Å². The maximum atomic E-state index is 14.4. The molecule has 3 N–H and O–H groups in total. The van der Waals surface area contributed by atoms with Crippen LogP contribution in [0.2, 0.25) is 18.6 Å². The predicted octanol–water partition coefficient (Wildman–Crippen LogP) is 5.44. The molecule has 4 atom stereocenters. The number of hydrogen-bond donors (Lipinski definition) is 3. The van der Waals surface area contributed by atoms with Crippen molar-refractivity contribution < 1.29 is 29.0 Å². The number of benzene rings is 3. The van der Waals surface area contributed by atoms with Gasteiger partial charge in [-0.15, -0.1) is 0 Å². The van der Waals surface area contributed by atoms with Gasteiger partial charge in [0.2, 0.25) is 0 Å². The molecule has 0 aliphatic carbocycles. The van der Waals surface area contributed by atoms with E-state index in [0.29, 0.717) is 23.4 Å². The molecule has 2 aliphatic heterocycles. The third kappa shape index (κ3) is 5.35. The fraction of sp³-hybridized carbons (Fsp3) is 0.355. The molecule has 0 saturated carbocycles. The zero-order valence-corrected chi connectivity index (χ0v) is 26.1. The van der Waals surface area contributed by atoms with Gasteiger partial charge in [-0.2, -0.15) is 0 Å². The Morgan fingerprint density at radius 3 is 2.54 bits per heavy atom. The molecule has 1 saturated heterocycles. The van der Waals surface area contributed by atoms with E-state index >= 15 is 0 Å². The topological polar surface area (TPSA) is 108 Å². The SMILES string of the molecule is COc1ccc(C(=O)Nc2cccc(CN3C(=O)[C@@]4(O[C@@H](CCO)[C@H]([Si](C)(C)O)[C@H]4C)c4cc(Br)ccc43)c2)cc1. The fourth-order valence-electron chi connectivity index (χ4n) is 6.48. The minimum atomic E-state index is -2.76. The number of anilines is 2. The standard InChI is InChI=1S/C31H35BrN2O6Si/c1-19-28(41(3,4)38)27(14-15-35)40-31(19)25-17-22(32)10-13-26(25)34(30(31)37)18-20-6-5-7-23(16-20)33-29(36)21-8-11-24(39-2)12-9-21/h5-13,16-17,19,27-28,35,38H,14-15,18H2,1-4H3,(H,33,36)/t19-,27+,28-,31+/m1/s1. The van der Waals surface area contributed by atoms with Crippen LogP contribution in [0.3, 0.4) is 0 Å². The van der Waals surface area contributed by atoms with Gasteiger partial charge in [0.25, 0.3) is 11.8 Å². The summed E-state index contributed by atoms with van der Waals surface area (Å²) in [6, 6.07) is 20.0. The third-order valence-electron chi connectivity index (χ3n) is 8.24. The number of aliphatic hydroxyl groups excluding tert-OH is 1. The first-order valence-electron chi connectivity index (χ1n) is 13.7. The Labute approximate surface area is 249 Å². The smallest absolute Gasteiger partial charge is 0.264 e. The van der Waals surface area contributed by atoms with Crippen LogP contribution in [0.1, 0.15) is 34.8 Å². The van der Waals surface area contributed by atoms with E-state index in [1.54, 1.807) is 36.3 Å². The molecule has 5 rings (SSSR count). The summed E-state index contributed by atoms with van der Waals surface area (Å²) >= 11 is 3.57. The molecule has 8 nitrogen and oxygen atoms in total. The Morgan fingerprint density at radius 2 is 1.88 bits per heavy atom. The minimum Gasteiger partial charge on any atom is -0.497 e. The summed E-state index contributed by atoms with van der Waals surface area (Å²) in [7, 11) is -1.19. The lowest BCUT2D eigenvalue weighted by Crippen LogP contribution is -2.46. The van der Waals surface area contributed by atoms with Crippen molar-refractivity contribution in [2.45, 2.75) is 50.2 Å². The number of methoxy groups -OCH3 is 1. The number of nitrogens with zero attached hydrogens (tertiary/aromatic N) is 1. The largest absolute Gasteiger partial charge is 0.497 e. The Kier molecular flexibility index (Phi) is 8.15. The summed E-state index contributed by atoms with van der Waals surface area (Å²) < 4.78 is 12.6. The van der Waals surface area contributed by atoms with E-state index in [1.165, 1.54) is 0 Å². The van der Waals surface area contributed by atoms with E-state index in [0.717, 1.165) is 21.3 Å². The molecule has 41 heavy (non-hydrogen) atoms. The lowest BCUT2D eigenvalue weighted by atomic mass is 9.82. The summed E-state index contributed by atoms with van der Waals surface area (Å²) in [5.74, 6) is -0.0645. The van der Waals surface area contributed by atoms with E-state index < -0.39 is 20.0 Å². The first kappa shape index (κ1) is 29.5. The number of nitrogens with one attached hydrogen (secondary N) is 1. The average Bonchev–Trinajstić information content (AvgIpc) is 3.35. The van der Waals surface area contributed by atoms with Crippen LogP contribution >= 0.6 is 15.9 Å². The monoisotopic (exact) mass is 638 g/mol. The number of amides is 2. The van der Waals surface area contributed by atoms with Gasteiger partial charge >= 0.3 is 0 Å². The number of carbonyl (C=O) groups excluding carboxylic acids is 2. The molecular weight excluding hydrogens is 604 g/mol. The first-order chi connectivity index (χ1) is 19.5. The Bertz CT molecular complexity index is 1460. The van der Waals surface area contributed by atoms with Crippen LogP contribution in [-0.2, 0) is 21.7 Å². The van der Waals surface area contributed by atoms with Gasteiger partial charge < -0.3 is 29.6 Å². The lowest BCUT2D eigenvalue weighted by molar-refractivity contribution is -0.146. The molecule has 2 aliphatic rings. The molecule has 10 heteroatoms. The van der Waals surface area contributed by atoms with Crippen LogP contribution in [0.25, 0.3) is 0 Å². The van der Waals surface area contributed by atoms with Gasteiger partial charge in [0.15, 0.2) is 13.9 Å². The van der Waals surface area contributed by atoms with Crippen molar-refractivity contribution in [3.05, 3.63) is 87.9 Å². The van der Waals surface area contributed by atoms with Gasteiger partial charge in [0.05, 0.1) is 25.4 Å². The van der Waals surface area contributed by atoms with Gasteiger partial charge in [-0.05, 0) is 79.7 Å². The fourth-order valence-corrected chi connectivity index (χ4v) is 9.44. The molecule has 0 unspecified atom stereocenters. The number of fused-ring (bicyclic) bond motifs is 2. The van der Waals surface area contributed by atoms with Crippen LogP contribution in [0.5, 0.6) is 5.75 Å². The highest BCUT2D eigenvalue weighted by molar-refractivity contribution is 9.10. The number of hydrogen-bond acceptors (Lipinski definition) is 6. The van der Waals surface area contributed by atoms with E-state index in [2.05, 4.69) is 21.2 Å². The Morgan fingerprint density at radius 1 is 1.15 bits per heavy atom. The summed E-state index contributed by atoms with van der Waals surface area (Å²) in [5, 5.41) is 12.7. The van der Waals surface area contributed by atoms with Crippen LogP contribution in [0.15, 0.2) is 71.2 Å². The molecule has 2 heterocycles. The van der Waals surface area contributed by atoms with Gasteiger partial charge in [-0.1, -0.05) is 35.0 Å². The number of ether oxygens (including phenoxy) is 2. The summed E-state index contributed by atoms with van der Waals surface area (Å²) in [6.45, 7) is 5.89. The van der Waals surface area contributed by atoms with E-state index in [9.17, 15) is 19.5 Å². The zero-order valence-electron chi connectivity index (χ0n) is 23.6. The maximum absolute atomic E-state index is 14.4.